The standard InChI is InChI=1S/C32H28N/c1-32(2,3)28-20-27(23-14-8-5-9-15-23)30-25-18-10-16-24-17-11-19-26(29(24)25)31(30)33(28)21-22-12-6-4-7-13-22/h4-20H,21H2,1-3H3/q+1. The van der Waals surface area contributed by atoms with Gasteiger partial charge < -0.3 is 0 Å². The molecule has 5 aromatic rings. The molecule has 1 heteroatoms. The van der Waals surface area contributed by atoms with Gasteiger partial charge in [-0.1, -0.05) is 112 Å². The van der Waals surface area contributed by atoms with E-state index < -0.39 is 0 Å². The maximum absolute atomic E-state index is 2.58. The van der Waals surface area contributed by atoms with Crippen LogP contribution in [0, 0.1) is 0 Å². The molecular weight excluding hydrogens is 398 g/mol. The number of rotatable bonds is 3. The van der Waals surface area contributed by atoms with Gasteiger partial charge in [0, 0.05) is 28.0 Å². The number of hydrogen-bond donors (Lipinski definition) is 0. The Labute approximate surface area is 196 Å². The van der Waals surface area contributed by atoms with Crippen LogP contribution in [0.25, 0.3) is 44.3 Å². The van der Waals surface area contributed by atoms with Gasteiger partial charge in [0.2, 0.25) is 5.69 Å². The third kappa shape index (κ3) is 3.19. The molecule has 33 heavy (non-hydrogen) atoms. The second-order valence-corrected chi connectivity index (χ2v) is 10.1. The predicted molar refractivity (Wildman–Crippen MR) is 138 cm³/mol. The summed E-state index contributed by atoms with van der Waals surface area (Å²) >= 11 is 0. The fourth-order valence-corrected chi connectivity index (χ4v) is 5.37. The van der Waals surface area contributed by atoms with Gasteiger partial charge >= 0.3 is 0 Å². The normalized spacial score (nSPS) is 12.2. The molecule has 0 bridgehead atoms. The lowest BCUT2D eigenvalue weighted by Gasteiger charge is -2.22. The van der Waals surface area contributed by atoms with Gasteiger partial charge in [0.25, 0.3) is 0 Å². The van der Waals surface area contributed by atoms with Gasteiger partial charge in [0.05, 0.1) is 11.1 Å². The van der Waals surface area contributed by atoms with Gasteiger partial charge in [0.15, 0.2) is 12.2 Å². The first-order chi connectivity index (χ1) is 16.0. The van der Waals surface area contributed by atoms with E-state index in [0.29, 0.717) is 0 Å². The maximum atomic E-state index is 2.58. The minimum absolute atomic E-state index is 0.00396. The molecule has 1 aliphatic rings. The van der Waals surface area contributed by atoms with Crippen molar-refractivity contribution in [3.8, 4) is 33.5 Å². The third-order valence-electron chi connectivity index (χ3n) is 6.81. The first-order valence-electron chi connectivity index (χ1n) is 11.8. The molecule has 0 aliphatic heterocycles. The summed E-state index contributed by atoms with van der Waals surface area (Å²) in [4.78, 5) is 0. The van der Waals surface area contributed by atoms with Crippen LogP contribution < -0.4 is 4.57 Å². The largest absolute Gasteiger partial charge is 0.222 e. The van der Waals surface area contributed by atoms with Crippen LogP contribution >= 0.6 is 0 Å². The highest BCUT2D eigenvalue weighted by Gasteiger charge is 2.38. The van der Waals surface area contributed by atoms with Gasteiger partial charge in [-0.3, -0.25) is 0 Å². The highest BCUT2D eigenvalue weighted by atomic mass is 15.0. The van der Waals surface area contributed by atoms with Crippen molar-refractivity contribution in [1.82, 2.24) is 0 Å². The van der Waals surface area contributed by atoms with Crippen LogP contribution in [0.5, 0.6) is 0 Å². The molecule has 1 nitrogen and oxygen atoms in total. The summed E-state index contributed by atoms with van der Waals surface area (Å²) in [5.41, 5.74) is 10.7. The molecule has 1 heterocycles. The number of fused-ring (bicyclic) bond motifs is 3. The third-order valence-corrected chi connectivity index (χ3v) is 6.81. The van der Waals surface area contributed by atoms with Gasteiger partial charge in [-0.2, -0.15) is 4.57 Å². The Morgan fingerprint density at radius 2 is 1.27 bits per heavy atom. The minimum Gasteiger partial charge on any atom is -0.190 e. The topological polar surface area (TPSA) is 3.88 Å². The van der Waals surface area contributed by atoms with Gasteiger partial charge in [-0.05, 0) is 22.6 Å². The average molecular weight is 427 g/mol. The second kappa shape index (κ2) is 7.42. The first-order valence-corrected chi connectivity index (χ1v) is 11.8. The van der Waals surface area contributed by atoms with Crippen LogP contribution in [0.3, 0.4) is 0 Å². The van der Waals surface area contributed by atoms with E-state index in [-0.39, 0.29) is 5.41 Å². The summed E-state index contributed by atoms with van der Waals surface area (Å²) in [6, 6.07) is 37.7. The van der Waals surface area contributed by atoms with Crippen LogP contribution in [0.2, 0.25) is 0 Å². The quantitative estimate of drug-likeness (QED) is 0.254. The number of nitrogens with zero attached hydrogens (tertiary/aromatic N) is 1. The molecule has 0 atom stereocenters. The predicted octanol–water partition coefficient (Wildman–Crippen LogP) is 7.79. The molecule has 0 radical (unpaired) electrons. The lowest BCUT2D eigenvalue weighted by molar-refractivity contribution is -0.687. The Morgan fingerprint density at radius 1 is 0.636 bits per heavy atom. The van der Waals surface area contributed by atoms with Crippen molar-refractivity contribution >= 4 is 10.8 Å². The van der Waals surface area contributed by atoms with Gasteiger partial charge in [-0.15, -0.1) is 0 Å². The number of aromatic nitrogens is 1. The molecule has 4 aromatic carbocycles. The van der Waals surface area contributed by atoms with E-state index in [4.69, 9.17) is 0 Å². The SMILES string of the molecule is CC(C)(C)c1cc(-c2ccccc2)c2c([n+]1Cc1ccccc1)-c1cccc3cccc-2c13. The molecule has 1 aliphatic carbocycles. The molecular formula is C32H28N+. The van der Waals surface area contributed by atoms with Crippen LogP contribution in [-0.4, -0.2) is 0 Å². The molecule has 0 amide bonds. The zero-order chi connectivity index (χ0) is 22.6. The molecule has 0 N–H and O–H groups in total. The second-order valence-electron chi connectivity index (χ2n) is 10.1. The van der Waals surface area contributed by atoms with Crippen LogP contribution in [0.4, 0.5) is 0 Å². The highest BCUT2D eigenvalue weighted by Crippen LogP contribution is 2.50. The van der Waals surface area contributed by atoms with Crippen molar-refractivity contribution in [2.75, 3.05) is 0 Å². The van der Waals surface area contributed by atoms with Crippen molar-refractivity contribution in [3.05, 3.63) is 114 Å². The van der Waals surface area contributed by atoms with E-state index in [9.17, 15) is 0 Å². The Kier molecular flexibility index (Phi) is 4.48. The summed E-state index contributed by atoms with van der Waals surface area (Å²) in [7, 11) is 0. The summed E-state index contributed by atoms with van der Waals surface area (Å²) in [5.74, 6) is 0. The summed E-state index contributed by atoms with van der Waals surface area (Å²) in [5, 5.41) is 2.68. The van der Waals surface area contributed by atoms with Crippen molar-refractivity contribution in [2.24, 2.45) is 0 Å². The van der Waals surface area contributed by atoms with Crippen molar-refractivity contribution < 1.29 is 4.57 Å². The fraction of sp³-hybridized carbons (Fsp3) is 0.156. The number of pyridine rings is 1. The van der Waals surface area contributed by atoms with E-state index in [1.165, 1.54) is 55.5 Å². The molecule has 1 aromatic heterocycles. The Morgan fingerprint density at radius 3 is 1.94 bits per heavy atom. The highest BCUT2D eigenvalue weighted by molar-refractivity contribution is 6.16. The van der Waals surface area contributed by atoms with E-state index >= 15 is 0 Å². The minimum atomic E-state index is -0.00396. The molecule has 0 fully saturated rings. The lowest BCUT2D eigenvalue weighted by atomic mass is 9.86. The molecule has 6 rings (SSSR count). The van der Waals surface area contributed by atoms with E-state index in [1.54, 1.807) is 0 Å². The van der Waals surface area contributed by atoms with E-state index in [0.717, 1.165) is 6.54 Å². The summed E-state index contributed by atoms with van der Waals surface area (Å²) in [6.45, 7) is 7.84. The number of benzene rings is 4. The first kappa shape index (κ1) is 19.9. The maximum Gasteiger partial charge on any atom is 0.222 e. The Balaban J connectivity index is 1.76. The van der Waals surface area contributed by atoms with Crippen LogP contribution in [0.15, 0.2) is 103 Å². The Hall–Kier alpha value is -3.71. The number of hydrogen-bond acceptors (Lipinski definition) is 0. The van der Waals surface area contributed by atoms with E-state index in [1.807, 2.05) is 0 Å². The molecule has 0 unspecified atom stereocenters. The van der Waals surface area contributed by atoms with Gasteiger partial charge in [-0.25, -0.2) is 0 Å². The van der Waals surface area contributed by atoms with Crippen LogP contribution in [0.1, 0.15) is 32.0 Å². The van der Waals surface area contributed by atoms with Crippen molar-refractivity contribution in [2.45, 2.75) is 32.7 Å². The van der Waals surface area contributed by atoms with Crippen molar-refractivity contribution in [1.29, 1.82) is 0 Å². The van der Waals surface area contributed by atoms with Crippen molar-refractivity contribution in [3.63, 3.8) is 0 Å². The Bertz CT molecular complexity index is 1480. The zero-order valence-corrected chi connectivity index (χ0v) is 19.5. The summed E-state index contributed by atoms with van der Waals surface area (Å²) in [6.07, 6.45) is 0. The zero-order valence-electron chi connectivity index (χ0n) is 19.5. The molecule has 160 valence electrons. The average Bonchev–Trinajstić information content (AvgIpc) is 3.17. The van der Waals surface area contributed by atoms with Gasteiger partial charge in [0.1, 0.15) is 0 Å². The lowest BCUT2D eigenvalue weighted by Crippen LogP contribution is -2.45. The fourth-order valence-electron chi connectivity index (χ4n) is 5.37. The summed E-state index contributed by atoms with van der Waals surface area (Å²) < 4.78 is 2.58. The van der Waals surface area contributed by atoms with E-state index in [2.05, 4.69) is 128 Å². The van der Waals surface area contributed by atoms with Crippen LogP contribution in [-0.2, 0) is 12.0 Å². The molecule has 0 spiro atoms. The monoisotopic (exact) mass is 426 g/mol. The molecule has 0 saturated carbocycles. The smallest absolute Gasteiger partial charge is 0.190 e. The molecule has 0 saturated heterocycles.